The second kappa shape index (κ2) is 5.52. The minimum absolute atomic E-state index is 0.630. The molecular formula is C13H12N2O2S. The summed E-state index contributed by atoms with van der Waals surface area (Å²) in [5.41, 5.74) is 1.08. The number of aromatic nitrogens is 1. The Hall–Kier alpha value is -2.06. The van der Waals surface area contributed by atoms with E-state index in [1.54, 1.807) is 20.4 Å². The molecule has 5 heteroatoms. The molecule has 0 N–H and O–H groups in total. The van der Waals surface area contributed by atoms with E-state index in [0.717, 1.165) is 10.6 Å². The quantitative estimate of drug-likeness (QED) is 0.848. The molecule has 0 aliphatic carbocycles. The van der Waals surface area contributed by atoms with Crippen molar-refractivity contribution in [2.45, 2.75) is 6.42 Å². The van der Waals surface area contributed by atoms with Crippen molar-refractivity contribution in [1.29, 1.82) is 5.26 Å². The smallest absolute Gasteiger partial charge is 0.160 e. The molecule has 0 aliphatic rings. The van der Waals surface area contributed by atoms with Gasteiger partial charge in [0.05, 0.1) is 25.4 Å². The topological polar surface area (TPSA) is 55.1 Å². The van der Waals surface area contributed by atoms with Gasteiger partial charge in [-0.1, -0.05) is 6.07 Å². The number of hydrogen-bond donors (Lipinski definition) is 0. The highest BCUT2D eigenvalue weighted by atomic mass is 32.1. The van der Waals surface area contributed by atoms with E-state index in [-0.39, 0.29) is 0 Å². The number of methoxy groups -OCH3 is 2. The van der Waals surface area contributed by atoms with E-state index in [1.165, 1.54) is 11.3 Å². The largest absolute Gasteiger partial charge is 0.493 e. The summed E-state index contributed by atoms with van der Waals surface area (Å²) in [4.78, 5) is 4.83. The normalized spacial score (nSPS) is 9.83. The molecule has 0 radical (unpaired) electrons. The zero-order chi connectivity index (χ0) is 13.0. The molecule has 4 nitrogen and oxygen atoms in total. The van der Waals surface area contributed by atoms with Crippen molar-refractivity contribution < 1.29 is 9.47 Å². The molecule has 0 amide bonds. The maximum atomic E-state index is 8.75. The molecule has 0 spiro atoms. The average Bonchev–Trinajstić information content (AvgIpc) is 2.86. The van der Waals surface area contributed by atoms with E-state index < -0.39 is 0 Å². The van der Waals surface area contributed by atoms with Crippen LogP contribution >= 0.6 is 11.3 Å². The van der Waals surface area contributed by atoms with Gasteiger partial charge in [0.15, 0.2) is 11.5 Å². The zero-order valence-corrected chi connectivity index (χ0v) is 11.0. The number of benzene rings is 1. The Balaban J connectivity index is 2.21. The van der Waals surface area contributed by atoms with Gasteiger partial charge in [0.25, 0.3) is 0 Å². The van der Waals surface area contributed by atoms with E-state index in [0.29, 0.717) is 22.8 Å². The van der Waals surface area contributed by atoms with Crippen molar-refractivity contribution >= 4 is 11.3 Å². The molecule has 0 unspecified atom stereocenters. The number of thiazole rings is 1. The molecule has 2 rings (SSSR count). The van der Waals surface area contributed by atoms with Crippen molar-refractivity contribution in [2.75, 3.05) is 14.2 Å². The van der Waals surface area contributed by atoms with E-state index in [4.69, 9.17) is 14.7 Å². The third kappa shape index (κ3) is 2.60. The van der Waals surface area contributed by atoms with E-state index in [1.807, 2.05) is 18.2 Å². The lowest BCUT2D eigenvalue weighted by Gasteiger charge is -2.08. The van der Waals surface area contributed by atoms with Gasteiger partial charge in [0, 0.05) is 6.42 Å². The summed E-state index contributed by atoms with van der Waals surface area (Å²) in [6.07, 6.45) is 2.29. The number of nitriles is 1. The lowest BCUT2D eigenvalue weighted by molar-refractivity contribution is 0.354. The summed E-state index contributed by atoms with van der Waals surface area (Å²) in [6.45, 7) is 0. The molecule has 0 atom stereocenters. The van der Waals surface area contributed by atoms with Crippen LogP contribution in [0.4, 0.5) is 0 Å². The molecule has 0 saturated carbocycles. The van der Waals surface area contributed by atoms with Crippen molar-refractivity contribution in [1.82, 2.24) is 4.98 Å². The molecule has 1 aromatic carbocycles. The molecular weight excluding hydrogens is 248 g/mol. The molecule has 92 valence electrons. The highest BCUT2D eigenvalue weighted by molar-refractivity contribution is 7.12. The van der Waals surface area contributed by atoms with Crippen LogP contribution in [-0.2, 0) is 6.42 Å². The van der Waals surface area contributed by atoms with Crippen LogP contribution in [0.2, 0.25) is 0 Å². The van der Waals surface area contributed by atoms with Crippen LogP contribution in [-0.4, -0.2) is 19.2 Å². The first-order valence-electron chi connectivity index (χ1n) is 5.32. The fourth-order valence-electron chi connectivity index (χ4n) is 1.61. The van der Waals surface area contributed by atoms with Crippen molar-refractivity contribution in [2.24, 2.45) is 0 Å². The molecule has 2 aromatic rings. The minimum atomic E-state index is 0.630. The SMILES string of the molecule is COc1ccc(Cc2ncc(C#N)s2)cc1OC. The van der Waals surface area contributed by atoms with Gasteiger partial charge < -0.3 is 9.47 Å². The van der Waals surface area contributed by atoms with Crippen molar-refractivity contribution in [3.05, 3.63) is 39.8 Å². The van der Waals surface area contributed by atoms with Gasteiger partial charge in [-0.2, -0.15) is 5.26 Å². The van der Waals surface area contributed by atoms with Gasteiger partial charge >= 0.3 is 0 Å². The van der Waals surface area contributed by atoms with Crippen LogP contribution in [0.5, 0.6) is 11.5 Å². The first-order chi connectivity index (χ1) is 8.76. The summed E-state index contributed by atoms with van der Waals surface area (Å²) in [5.74, 6) is 1.41. The second-order valence-corrected chi connectivity index (χ2v) is 4.71. The number of rotatable bonds is 4. The summed E-state index contributed by atoms with van der Waals surface area (Å²) < 4.78 is 10.4. The summed E-state index contributed by atoms with van der Waals surface area (Å²) in [6, 6.07) is 7.84. The second-order valence-electron chi connectivity index (χ2n) is 3.60. The van der Waals surface area contributed by atoms with Crippen molar-refractivity contribution in [3.63, 3.8) is 0 Å². The maximum Gasteiger partial charge on any atom is 0.160 e. The summed E-state index contributed by atoms with van der Waals surface area (Å²) >= 11 is 1.41. The number of hydrogen-bond acceptors (Lipinski definition) is 5. The highest BCUT2D eigenvalue weighted by Gasteiger charge is 2.07. The minimum Gasteiger partial charge on any atom is -0.493 e. The Morgan fingerprint density at radius 2 is 2.06 bits per heavy atom. The molecule has 0 aliphatic heterocycles. The Morgan fingerprint density at radius 3 is 2.67 bits per heavy atom. The van der Waals surface area contributed by atoms with Crippen LogP contribution in [0.1, 0.15) is 15.4 Å². The molecule has 1 aromatic heterocycles. The number of ether oxygens (including phenoxy) is 2. The molecule has 0 fully saturated rings. The fourth-order valence-corrected chi connectivity index (χ4v) is 2.36. The number of nitrogens with zero attached hydrogens (tertiary/aromatic N) is 2. The van der Waals surface area contributed by atoms with Crippen LogP contribution in [0.25, 0.3) is 0 Å². The van der Waals surface area contributed by atoms with Crippen LogP contribution < -0.4 is 9.47 Å². The lowest BCUT2D eigenvalue weighted by atomic mass is 10.1. The predicted octanol–water partition coefficient (Wildman–Crippen LogP) is 2.62. The van der Waals surface area contributed by atoms with Gasteiger partial charge in [-0.05, 0) is 17.7 Å². The Bertz CT molecular complexity index is 587. The van der Waals surface area contributed by atoms with E-state index >= 15 is 0 Å². The predicted molar refractivity (Wildman–Crippen MR) is 69.2 cm³/mol. The molecule has 0 saturated heterocycles. The molecule has 0 bridgehead atoms. The van der Waals surface area contributed by atoms with Gasteiger partial charge in [0.2, 0.25) is 0 Å². The first kappa shape index (κ1) is 12.4. The summed E-state index contributed by atoms with van der Waals surface area (Å²) in [5, 5.41) is 9.67. The first-order valence-corrected chi connectivity index (χ1v) is 6.14. The zero-order valence-electron chi connectivity index (χ0n) is 10.1. The van der Waals surface area contributed by atoms with Crippen LogP contribution in [0, 0.1) is 11.3 Å². The third-order valence-electron chi connectivity index (χ3n) is 2.47. The fraction of sp³-hybridized carbons (Fsp3) is 0.231. The van der Waals surface area contributed by atoms with E-state index in [9.17, 15) is 0 Å². The van der Waals surface area contributed by atoms with E-state index in [2.05, 4.69) is 11.1 Å². The van der Waals surface area contributed by atoms with Crippen LogP contribution in [0.15, 0.2) is 24.4 Å². The Labute approximate surface area is 109 Å². The third-order valence-corrected chi connectivity index (χ3v) is 3.37. The highest BCUT2D eigenvalue weighted by Crippen LogP contribution is 2.28. The standard InChI is InChI=1S/C13H12N2O2S/c1-16-11-4-3-9(5-12(11)17-2)6-13-15-8-10(7-14)18-13/h3-5,8H,6H2,1-2H3. The Morgan fingerprint density at radius 1 is 1.28 bits per heavy atom. The van der Waals surface area contributed by atoms with Gasteiger partial charge in [-0.3, -0.25) is 0 Å². The molecule has 18 heavy (non-hydrogen) atoms. The van der Waals surface area contributed by atoms with Crippen molar-refractivity contribution in [3.8, 4) is 17.6 Å². The maximum absolute atomic E-state index is 8.75. The Kier molecular flexibility index (Phi) is 3.80. The molecule has 1 heterocycles. The lowest BCUT2D eigenvalue weighted by Crippen LogP contribution is -1.93. The average molecular weight is 260 g/mol. The van der Waals surface area contributed by atoms with Gasteiger partial charge in [0.1, 0.15) is 10.9 Å². The van der Waals surface area contributed by atoms with Gasteiger partial charge in [-0.25, -0.2) is 4.98 Å². The summed E-state index contributed by atoms with van der Waals surface area (Å²) in [7, 11) is 3.22. The van der Waals surface area contributed by atoms with Gasteiger partial charge in [-0.15, -0.1) is 11.3 Å². The van der Waals surface area contributed by atoms with Crippen LogP contribution in [0.3, 0.4) is 0 Å². The monoisotopic (exact) mass is 260 g/mol.